The normalized spacial score (nSPS) is 11.8. The first-order valence-corrected chi connectivity index (χ1v) is 9.79. The van der Waals surface area contributed by atoms with Gasteiger partial charge in [0.1, 0.15) is 12.2 Å². The molecular formula is C18H19BrF4N6O. The van der Waals surface area contributed by atoms with Crippen LogP contribution in [-0.2, 0) is 17.9 Å². The first kappa shape index (κ1) is 22.2. The van der Waals surface area contributed by atoms with E-state index in [2.05, 4.69) is 36.4 Å². The van der Waals surface area contributed by atoms with Crippen molar-refractivity contribution in [3.63, 3.8) is 0 Å². The molecule has 0 unspecified atom stereocenters. The van der Waals surface area contributed by atoms with Crippen molar-refractivity contribution in [2.45, 2.75) is 46.7 Å². The molecule has 3 heterocycles. The highest BCUT2D eigenvalue weighted by Gasteiger charge is 2.23. The fourth-order valence-corrected chi connectivity index (χ4v) is 3.47. The molecule has 1 N–H and O–H groups in total. The molecule has 0 spiro atoms. The standard InChI is InChI=1S/C18H19BrF4N6O/c1-8-14-11(16(20)21)6-12(17(22)23)25-18(14)29(26-8)7-13(30)24-4-5-28-10(3)15(19)9(2)27-28/h6,16-17H,4-5,7H2,1-3H3,(H,24,30). The monoisotopic (exact) mass is 490 g/mol. The average molecular weight is 491 g/mol. The molecule has 12 heteroatoms. The molecule has 0 atom stereocenters. The fourth-order valence-electron chi connectivity index (χ4n) is 3.19. The highest BCUT2D eigenvalue weighted by Crippen LogP contribution is 2.32. The van der Waals surface area contributed by atoms with Crippen LogP contribution in [0.3, 0.4) is 0 Å². The van der Waals surface area contributed by atoms with E-state index in [1.165, 1.54) is 6.92 Å². The second-order valence-corrected chi connectivity index (χ2v) is 7.53. The van der Waals surface area contributed by atoms with E-state index in [0.717, 1.165) is 20.5 Å². The van der Waals surface area contributed by atoms with Gasteiger partial charge in [-0.05, 0) is 42.8 Å². The molecule has 3 rings (SSSR count). The van der Waals surface area contributed by atoms with Gasteiger partial charge in [-0.2, -0.15) is 10.2 Å². The molecule has 7 nitrogen and oxygen atoms in total. The summed E-state index contributed by atoms with van der Waals surface area (Å²) in [7, 11) is 0. The molecule has 0 saturated heterocycles. The summed E-state index contributed by atoms with van der Waals surface area (Å²) in [5.74, 6) is -0.456. The minimum absolute atomic E-state index is 0.0188. The molecule has 0 aliphatic heterocycles. The van der Waals surface area contributed by atoms with Crippen LogP contribution in [0.4, 0.5) is 17.6 Å². The number of fused-ring (bicyclic) bond motifs is 1. The number of carbonyl (C=O) groups is 1. The molecule has 0 aliphatic carbocycles. The van der Waals surface area contributed by atoms with E-state index in [-0.39, 0.29) is 29.8 Å². The van der Waals surface area contributed by atoms with Gasteiger partial charge >= 0.3 is 0 Å². The van der Waals surface area contributed by atoms with Crippen LogP contribution in [0.1, 0.15) is 41.2 Å². The van der Waals surface area contributed by atoms with Gasteiger partial charge in [-0.1, -0.05) is 0 Å². The Balaban J connectivity index is 1.78. The lowest BCUT2D eigenvalue weighted by Gasteiger charge is -2.09. The topological polar surface area (TPSA) is 77.6 Å². The van der Waals surface area contributed by atoms with Gasteiger partial charge in [0.25, 0.3) is 12.9 Å². The summed E-state index contributed by atoms with van der Waals surface area (Å²) in [6.07, 6.45) is -6.00. The maximum absolute atomic E-state index is 13.4. The van der Waals surface area contributed by atoms with Gasteiger partial charge in [-0.3, -0.25) is 9.48 Å². The number of carbonyl (C=O) groups excluding carboxylic acids is 1. The molecule has 0 fully saturated rings. The van der Waals surface area contributed by atoms with E-state index < -0.39 is 30.0 Å². The maximum Gasteiger partial charge on any atom is 0.280 e. The zero-order chi connectivity index (χ0) is 22.2. The number of pyridine rings is 1. The summed E-state index contributed by atoms with van der Waals surface area (Å²) in [4.78, 5) is 16.1. The minimum atomic E-state index is -3.02. The zero-order valence-electron chi connectivity index (χ0n) is 16.4. The molecule has 1 amide bonds. The maximum atomic E-state index is 13.4. The molecule has 0 bridgehead atoms. The van der Waals surface area contributed by atoms with Crippen LogP contribution in [0.5, 0.6) is 0 Å². The van der Waals surface area contributed by atoms with Gasteiger partial charge in [0, 0.05) is 17.8 Å². The van der Waals surface area contributed by atoms with Crippen molar-refractivity contribution < 1.29 is 22.4 Å². The lowest BCUT2D eigenvalue weighted by atomic mass is 10.1. The smallest absolute Gasteiger partial charge is 0.280 e. The molecule has 0 saturated carbocycles. The largest absolute Gasteiger partial charge is 0.353 e. The van der Waals surface area contributed by atoms with E-state index in [4.69, 9.17) is 0 Å². The van der Waals surface area contributed by atoms with Gasteiger partial charge < -0.3 is 5.32 Å². The highest BCUT2D eigenvalue weighted by atomic mass is 79.9. The van der Waals surface area contributed by atoms with Crippen LogP contribution in [0.2, 0.25) is 0 Å². The third-order valence-corrected chi connectivity index (χ3v) is 5.77. The summed E-state index contributed by atoms with van der Waals surface area (Å²) in [5.41, 5.74) is 0.405. The number of alkyl halides is 4. The van der Waals surface area contributed by atoms with E-state index in [1.807, 2.05) is 13.8 Å². The fraction of sp³-hybridized carbons (Fsp3) is 0.444. The number of nitrogens with zero attached hydrogens (tertiary/aromatic N) is 5. The molecule has 0 aromatic carbocycles. The highest BCUT2D eigenvalue weighted by molar-refractivity contribution is 9.10. The third kappa shape index (κ3) is 4.32. The van der Waals surface area contributed by atoms with Gasteiger partial charge in [-0.15, -0.1) is 0 Å². The summed E-state index contributed by atoms with van der Waals surface area (Å²) in [5, 5.41) is 11.1. The van der Waals surface area contributed by atoms with Crippen LogP contribution in [-0.4, -0.2) is 37.0 Å². The number of rotatable bonds is 7. The van der Waals surface area contributed by atoms with E-state index in [1.54, 1.807) is 4.68 Å². The van der Waals surface area contributed by atoms with Gasteiger partial charge in [0.15, 0.2) is 5.65 Å². The number of aromatic nitrogens is 5. The summed E-state index contributed by atoms with van der Waals surface area (Å²) in [6, 6.07) is 0.684. The van der Waals surface area contributed by atoms with E-state index in [0.29, 0.717) is 12.6 Å². The van der Waals surface area contributed by atoms with Crippen molar-refractivity contribution in [2.75, 3.05) is 6.54 Å². The number of hydrogen-bond acceptors (Lipinski definition) is 4. The zero-order valence-corrected chi connectivity index (χ0v) is 18.0. The van der Waals surface area contributed by atoms with Crippen LogP contribution >= 0.6 is 15.9 Å². The quantitative estimate of drug-likeness (QED) is 0.507. The lowest BCUT2D eigenvalue weighted by Crippen LogP contribution is -2.31. The van der Waals surface area contributed by atoms with Crippen molar-refractivity contribution in [2.24, 2.45) is 0 Å². The summed E-state index contributed by atoms with van der Waals surface area (Å²) in [6.45, 7) is 5.55. The predicted octanol–water partition coefficient (Wildman–Crippen LogP) is 4.01. The summed E-state index contributed by atoms with van der Waals surface area (Å²) < 4.78 is 56.7. The Morgan fingerprint density at radius 3 is 2.33 bits per heavy atom. The number of halogens is 5. The van der Waals surface area contributed by atoms with Crippen molar-refractivity contribution in [1.29, 1.82) is 0 Å². The predicted molar refractivity (Wildman–Crippen MR) is 105 cm³/mol. The average Bonchev–Trinajstić information content (AvgIpc) is 3.12. The first-order valence-electron chi connectivity index (χ1n) is 9.00. The number of amides is 1. The number of nitrogens with one attached hydrogen (secondary N) is 1. The lowest BCUT2D eigenvalue weighted by molar-refractivity contribution is -0.121. The van der Waals surface area contributed by atoms with Gasteiger partial charge in [-0.25, -0.2) is 27.2 Å². The third-order valence-electron chi connectivity index (χ3n) is 4.62. The Morgan fingerprint density at radius 1 is 1.10 bits per heavy atom. The van der Waals surface area contributed by atoms with E-state index in [9.17, 15) is 22.4 Å². The second-order valence-electron chi connectivity index (χ2n) is 6.74. The Hall–Kier alpha value is -2.50. The molecule has 162 valence electrons. The van der Waals surface area contributed by atoms with Crippen molar-refractivity contribution >= 4 is 32.9 Å². The Kier molecular flexibility index (Phi) is 6.44. The second kappa shape index (κ2) is 8.70. The van der Waals surface area contributed by atoms with Crippen LogP contribution < -0.4 is 5.32 Å². The van der Waals surface area contributed by atoms with Gasteiger partial charge in [0.2, 0.25) is 5.91 Å². The molecule has 3 aromatic rings. The van der Waals surface area contributed by atoms with Crippen molar-refractivity contribution in [3.8, 4) is 0 Å². The van der Waals surface area contributed by atoms with Gasteiger partial charge in [0.05, 0.1) is 27.8 Å². The number of hydrogen-bond donors (Lipinski definition) is 1. The van der Waals surface area contributed by atoms with Crippen molar-refractivity contribution in [3.05, 3.63) is 38.9 Å². The molecule has 30 heavy (non-hydrogen) atoms. The van der Waals surface area contributed by atoms with Crippen LogP contribution in [0, 0.1) is 20.8 Å². The first-order chi connectivity index (χ1) is 14.1. The van der Waals surface area contributed by atoms with Crippen LogP contribution in [0.25, 0.3) is 11.0 Å². The molecule has 0 aliphatic rings. The Labute approximate surface area is 177 Å². The molecular weight excluding hydrogens is 472 g/mol. The number of aryl methyl sites for hydroxylation is 2. The molecule has 3 aromatic heterocycles. The SMILES string of the molecule is Cc1nn(CCNC(=O)Cn2nc(C)c3c(C(F)F)cc(C(F)F)nc32)c(C)c1Br. The Morgan fingerprint density at radius 2 is 1.77 bits per heavy atom. The van der Waals surface area contributed by atoms with Crippen molar-refractivity contribution in [1.82, 2.24) is 29.9 Å². The van der Waals surface area contributed by atoms with E-state index >= 15 is 0 Å². The molecule has 0 radical (unpaired) electrons. The van der Waals surface area contributed by atoms with Crippen LogP contribution in [0.15, 0.2) is 10.5 Å². The Bertz CT molecular complexity index is 1090. The minimum Gasteiger partial charge on any atom is -0.353 e. The summed E-state index contributed by atoms with van der Waals surface area (Å²) >= 11 is 3.43.